The lowest BCUT2D eigenvalue weighted by Crippen LogP contribution is -2.25. The van der Waals surface area contributed by atoms with Crippen LogP contribution >= 0.6 is 11.3 Å². The summed E-state index contributed by atoms with van der Waals surface area (Å²) >= 11 is 1.66. The molecule has 3 aromatic heterocycles. The van der Waals surface area contributed by atoms with Gasteiger partial charge in [-0.15, -0.1) is 16.4 Å². The highest BCUT2D eigenvalue weighted by Crippen LogP contribution is 2.33. The fraction of sp³-hybridized carbons (Fsp3) is 0.316. The van der Waals surface area contributed by atoms with Crippen molar-refractivity contribution in [2.45, 2.75) is 33.2 Å². The number of benzene rings is 1. The molecule has 3 heterocycles. The van der Waals surface area contributed by atoms with E-state index < -0.39 is 0 Å². The lowest BCUT2D eigenvalue weighted by Gasteiger charge is -2.15. The van der Waals surface area contributed by atoms with Crippen LogP contribution in [0.1, 0.15) is 23.8 Å². The zero-order valence-electron chi connectivity index (χ0n) is 15.0. The molecule has 0 spiro atoms. The Balaban J connectivity index is 1.99. The summed E-state index contributed by atoms with van der Waals surface area (Å²) in [4.78, 5) is 11.8. The highest BCUT2D eigenvalue weighted by molar-refractivity contribution is 7.18. The summed E-state index contributed by atoms with van der Waals surface area (Å²) in [5.41, 5.74) is 2.95. The van der Waals surface area contributed by atoms with Gasteiger partial charge in [0.2, 0.25) is 5.95 Å². The first-order valence-electron chi connectivity index (χ1n) is 8.71. The van der Waals surface area contributed by atoms with Crippen molar-refractivity contribution in [1.82, 2.24) is 19.6 Å². The topological polar surface area (TPSA) is 75.3 Å². The molecular weight excluding hydrogens is 346 g/mol. The normalized spacial score (nSPS) is 12.8. The summed E-state index contributed by atoms with van der Waals surface area (Å²) in [6.45, 7) is 6.27. The van der Waals surface area contributed by atoms with E-state index in [1.54, 1.807) is 15.9 Å². The van der Waals surface area contributed by atoms with Gasteiger partial charge in [-0.3, -0.25) is 0 Å². The number of rotatable bonds is 5. The number of thiophene rings is 1. The lowest BCUT2D eigenvalue weighted by atomic mass is 10.2. The number of hydrogen-bond acceptors (Lipinski definition) is 6. The Hall–Kier alpha value is -2.51. The fourth-order valence-electron chi connectivity index (χ4n) is 2.98. The first kappa shape index (κ1) is 16.9. The smallest absolute Gasteiger partial charge is 0.227 e. The number of fused-ring (bicyclic) bond motifs is 3. The summed E-state index contributed by atoms with van der Waals surface area (Å²) in [7, 11) is 0. The van der Waals surface area contributed by atoms with Crippen LogP contribution in [0.15, 0.2) is 30.3 Å². The van der Waals surface area contributed by atoms with Gasteiger partial charge in [-0.25, -0.2) is 9.97 Å². The second kappa shape index (κ2) is 6.66. The third-order valence-electron chi connectivity index (χ3n) is 4.68. The molecular formula is C19H21N5OS. The minimum absolute atomic E-state index is 0.0421. The lowest BCUT2D eigenvalue weighted by molar-refractivity contribution is 0.271. The first-order valence-corrected chi connectivity index (χ1v) is 9.53. The molecule has 1 aromatic carbocycles. The first-order chi connectivity index (χ1) is 12.6. The predicted octanol–water partition coefficient (Wildman–Crippen LogP) is 3.81. The Kier molecular flexibility index (Phi) is 4.34. The van der Waals surface area contributed by atoms with E-state index in [2.05, 4.69) is 19.2 Å². The van der Waals surface area contributed by atoms with E-state index in [9.17, 15) is 5.11 Å². The maximum Gasteiger partial charge on any atom is 0.227 e. The molecule has 0 saturated heterocycles. The molecule has 6 nitrogen and oxygen atoms in total. The van der Waals surface area contributed by atoms with Crippen molar-refractivity contribution < 1.29 is 5.11 Å². The quantitative estimate of drug-likeness (QED) is 0.561. The van der Waals surface area contributed by atoms with Crippen molar-refractivity contribution in [2.75, 3.05) is 11.9 Å². The van der Waals surface area contributed by atoms with E-state index >= 15 is 0 Å². The number of anilines is 1. The number of aliphatic hydroxyl groups is 1. The molecule has 0 radical (unpaired) electrons. The molecule has 0 amide bonds. The standard InChI is InChI=1S/C19H21N5OS/c1-4-14(10-25)20-19-22-18-15(11(2)12(3)26-18)17-21-16(23-24(17)19)13-8-6-5-7-9-13/h5-9,14,25H,4,10H2,1-3H3,(H,20,22)/t14-/m0/s1. The predicted molar refractivity (Wildman–Crippen MR) is 106 cm³/mol. The van der Waals surface area contributed by atoms with Crippen LogP contribution in [0.2, 0.25) is 0 Å². The summed E-state index contributed by atoms with van der Waals surface area (Å²) < 4.78 is 1.77. The van der Waals surface area contributed by atoms with Crippen LogP contribution in [0.5, 0.6) is 0 Å². The third kappa shape index (κ3) is 2.73. The van der Waals surface area contributed by atoms with Gasteiger partial charge in [0, 0.05) is 10.4 Å². The van der Waals surface area contributed by atoms with Gasteiger partial charge < -0.3 is 10.4 Å². The number of aromatic nitrogens is 4. The Morgan fingerprint density at radius 1 is 1.19 bits per heavy atom. The molecule has 0 bridgehead atoms. The molecule has 0 fully saturated rings. The van der Waals surface area contributed by atoms with Gasteiger partial charge in [0.05, 0.1) is 18.0 Å². The van der Waals surface area contributed by atoms with Crippen LogP contribution in [0.4, 0.5) is 5.95 Å². The van der Waals surface area contributed by atoms with Crippen molar-refractivity contribution in [3.63, 3.8) is 0 Å². The molecule has 7 heteroatoms. The Labute approximate surface area is 155 Å². The zero-order valence-corrected chi connectivity index (χ0v) is 15.8. The van der Waals surface area contributed by atoms with E-state index in [-0.39, 0.29) is 12.6 Å². The molecule has 2 N–H and O–H groups in total. The number of hydrogen-bond donors (Lipinski definition) is 2. The van der Waals surface area contributed by atoms with Gasteiger partial charge in [-0.1, -0.05) is 37.3 Å². The summed E-state index contributed by atoms with van der Waals surface area (Å²) in [6.07, 6.45) is 0.792. The monoisotopic (exact) mass is 367 g/mol. The molecule has 1 atom stereocenters. The minimum Gasteiger partial charge on any atom is -0.394 e. The van der Waals surface area contributed by atoms with Crippen LogP contribution < -0.4 is 5.32 Å². The maximum atomic E-state index is 9.57. The Morgan fingerprint density at radius 3 is 2.65 bits per heavy atom. The molecule has 0 unspecified atom stereocenters. The SMILES string of the molecule is CC[C@@H](CO)Nc1nc2sc(C)c(C)c2c2nc(-c3ccccc3)nn12. The molecule has 4 aromatic rings. The molecule has 0 aliphatic rings. The van der Waals surface area contributed by atoms with Crippen LogP contribution in [0.25, 0.3) is 27.3 Å². The molecule has 26 heavy (non-hydrogen) atoms. The van der Waals surface area contributed by atoms with Gasteiger partial charge >= 0.3 is 0 Å². The number of aliphatic hydroxyl groups excluding tert-OH is 1. The highest BCUT2D eigenvalue weighted by Gasteiger charge is 2.19. The van der Waals surface area contributed by atoms with E-state index in [4.69, 9.17) is 15.1 Å². The number of nitrogens with zero attached hydrogens (tertiary/aromatic N) is 4. The van der Waals surface area contributed by atoms with E-state index in [0.29, 0.717) is 11.8 Å². The van der Waals surface area contributed by atoms with Crippen LogP contribution in [-0.4, -0.2) is 37.3 Å². The van der Waals surface area contributed by atoms with Crippen molar-refractivity contribution in [3.8, 4) is 11.4 Å². The average Bonchev–Trinajstić information content (AvgIpc) is 3.22. The van der Waals surface area contributed by atoms with E-state index in [0.717, 1.165) is 27.8 Å². The largest absolute Gasteiger partial charge is 0.394 e. The summed E-state index contributed by atoms with van der Waals surface area (Å²) in [5, 5.41) is 18.6. The minimum atomic E-state index is -0.0744. The maximum absolute atomic E-state index is 9.57. The van der Waals surface area contributed by atoms with Crippen molar-refractivity contribution in [1.29, 1.82) is 0 Å². The molecule has 0 aliphatic heterocycles. The highest BCUT2D eigenvalue weighted by atomic mass is 32.1. The molecule has 4 rings (SSSR count). The second-order valence-corrected chi connectivity index (χ2v) is 7.57. The number of aryl methyl sites for hydroxylation is 2. The second-order valence-electron chi connectivity index (χ2n) is 6.37. The van der Waals surface area contributed by atoms with E-state index in [1.165, 1.54) is 10.4 Å². The Morgan fingerprint density at radius 2 is 1.96 bits per heavy atom. The van der Waals surface area contributed by atoms with Crippen molar-refractivity contribution in [3.05, 3.63) is 40.8 Å². The van der Waals surface area contributed by atoms with Crippen LogP contribution in [0.3, 0.4) is 0 Å². The van der Waals surface area contributed by atoms with Gasteiger partial charge in [-0.2, -0.15) is 4.52 Å². The van der Waals surface area contributed by atoms with Gasteiger partial charge in [0.1, 0.15) is 4.83 Å². The van der Waals surface area contributed by atoms with E-state index in [1.807, 2.05) is 37.3 Å². The fourth-order valence-corrected chi connectivity index (χ4v) is 4.00. The van der Waals surface area contributed by atoms with Crippen LogP contribution in [-0.2, 0) is 0 Å². The molecule has 0 saturated carbocycles. The van der Waals surface area contributed by atoms with Gasteiger partial charge in [0.15, 0.2) is 11.5 Å². The Bertz CT molecular complexity index is 1070. The molecule has 0 aliphatic carbocycles. The van der Waals surface area contributed by atoms with Crippen molar-refractivity contribution in [2.24, 2.45) is 0 Å². The van der Waals surface area contributed by atoms with Gasteiger partial charge in [-0.05, 0) is 25.8 Å². The average molecular weight is 367 g/mol. The summed E-state index contributed by atoms with van der Waals surface area (Å²) in [6, 6.07) is 9.86. The number of nitrogens with one attached hydrogen (secondary N) is 1. The summed E-state index contributed by atoms with van der Waals surface area (Å²) in [5.74, 6) is 1.28. The van der Waals surface area contributed by atoms with Crippen molar-refractivity contribution >= 4 is 33.1 Å². The third-order valence-corrected chi connectivity index (χ3v) is 5.79. The zero-order chi connectivity index (χ0) is 18.3. The molecule has 134 valence electrons. The van der Waals surface area contributed by atoms with Gasteiger partial charge in [0.25, 0.3) is 0 Å². The van der Waals surface area contributed by atoms with Crippen LogP contribution in [0, 0.1) is 13.8 Å².